The molecular formula is C18H29BP. The van der Waals surface area contributed by atoms with Crippen molar-refractivity contribution in [3.05, 3.63) is 42.2 Å². The molecule has 0 aliphatic carbocycles. The summed E-state index contributed by atoms with van der Waals surface area (Å²) in [5.41, 5.74) is 0. The summed E-state index contributed by atoms with van der Waals surface area (Å²) in [5, 5.41) is 1.84. The van der Waals surface area contributed by atoms with E-state index in [4.69, 9.17) is 0 Å². The third kappa shape index (κ3) is 7.29. The molecule has 109 valence electrons. The van der Waals surface area contributed by atoms with Crippen LogP contribution in [0.4, 0.5) is 0 Å². The van der Waals surface area contributed by atoms with Gasteiger partial charge in [0.15, 0.2) is 0 Å². The van der Waals surface area contributed by atoms with Crippen molar-refractivity contribution in [2.24, 2.45) is 0 Å². The highest BCUT2D eigenvalue weighted by Gasteiger charge is 2.22. The van der Waals surface area contributed by atoms with Gasteiger partial charge in [-0.05, 0) is 31.2 Å². The SMILES string of the molecule is CCCCCC/C=C/P(c1ccccc1)C(C)(C)C.[B]. The van der Waals surface area contributed by atoms with Gasteiger partial charge in [0.25, 0.3) is 0 Å². The van der Waals surface area contributed by atoms with E-state index in [0.29, 0.717) is 5.16 Å². The van der Waals surface area contributed by atoms with Gasteiger partial charge >= 0.3 is 0 Å². The van der Waals surface area contributed by atoms with Gasteiger partial charge in [0.05, 0.1) is 0 Å². The lowest BCUT2D eigenvalue weighted by Gasteiger charge is -2.29. The molecule has 1 aromatic rings. The number of hydrogen-bond acceptors (Lipinski definition) is 0. The van der Waals surface area contributed by atoms with Crippen LogP contribution in [0.15, 0.2) is 42.2 Å². The molecule has 20 heavy (non-hydrogen) atoms. The van der Waals surface area contributed by atoms with E-state index in [1.165, 1.54) is 37.4 Å². The minimum Gasteiger partial charge on any atom is -0.0837 e. The lowest BCUT2D eigenvalue weighted by Crippen LogP contribution is -2.17. The smallest absolute Gasteiger partial charge is 0 e. The zero-order valence-corrected chi connectivity index (χ0v) is 14.5. The summed E-state index contributed by atoms with van der Waals surface area (Å²) in [6.45, 7) is 9.33. The molecule has 0 aliphatic heterocycles. The van der Waals surface area contributed by atoms with Crippen LogP contribution in [0.2, 0.25) is 0 Å². The molecule has 0 aliphatic rings. The molecule has 0 amide bonds. The predicted molar refractivity (Wildman–Crippen MR) is 96.4 cm³/mol. The Morgan fingerprint density at radius 3 is 2.20 bits per heavy atom. The fraction of sp³-hybridized carbons (Fsp3) is 0.556. The zero-order chi connectivity index (χ0) is 14.1. The van der Waals surface area contributed by atoms with E-state index in [2.05, 4.69) is 69.9 Å². The molecular weight excluding hydrogens is 258 g/mol. The molecule has 1 unspecified atom stereocenters. The third-order valence-corrected chi connectivity index (χ3v) is 6.04. The topological polar surface area (TPSA) is 0 Å². The van der Waals surface area contributed by atoms with Crippen LogP contribution < -0.4 is 5.30 Å². The van der Waals surface area contributed by atoms with Crippen LogP contribution in [0.25, 0.3) is 0 Å². The maximum absolute atomic E-state index is 2.48. The normalized spacial score (nSPS) is 13.2. The summed E-state index contributed by atoms with van der Waals surface area (Å²) in [4.78, 5) is 0. The quantitative estimate of drug-likeness (QED) is 0.343. The second-order valence-corrected chi connectivity index (χ2v) is 9.01. The van der Waals surface area contributed by atoms with Gasteiger partial charge in [0, 0.05) is 8.41 Å². The highest BCUT2D eigenvalue weighted by Crippen LogP contribution is 2.49. The highest BCUT2D eigenvalue weighted by atomic mass is 31.1. The second kappa shape index (κ2) is 10.2. The fourth-order valence-electron chi connectivity index (χ4n) is 2.15. The van der Waals surface area contributed by atoms with E-state index in [1.807, 2.05) is 0 Å². The molecule has 0 heterocycles. The van der Waals surface area contributed by atoms with Crippen LogP contribution in [-0.2, 0) is 0 Å². The van der Waals surface area contributed by atoms with Crippen molar-refractivity contribution in [3.63, 3.8) is 0 Å². The van der Waals surface area contributed by atoms with Crippen LogP contribution in [-0.4, -0.2) is 13.6 Å². The molecule has 1 aromatic carbocycles. The van der Waals surface area contributed by atoms with Crippen LogP contribution in [0.1, 0.15) is 59.8 Å². The standard InChI is InChI=1S/C18H29P.B/c1-5-6-7-8-9-13-16-19(18(2,3)4)17-14-11-10-12-15-17;/h10-16H,5-9H2,1-4H3;/b16-13+;. The molecule has 1 rings (SSSR count). The van der Waals surface area contributed by atoms with Crippen molar-refractivity contribution in [2.75, 3.05) is 0 Å². The van der Waals surface area contributed by atoms with Crippen molar-refractivity contribution < 1.29 is 0 Å². The van der Waals surface area contributed by atoms with Gasteiger partial charge in [0.2, 0.25) is 0 Å². The van der Waals surface area contributed by atoms with E-state index in [-0.39, 0.29) is 16.3 Å². The van der Waals surface area contributed by atoms with Gasteiger partial charge in [-0.3, -0.25) is 0 Å². The molecule has 2 heteroatoms. The van der Waals surface area contributed by atoms with Crippen LogP contribution in [0.3, 0.4) is 0 Å². The van der Waals surface area contributed by atoms with Crippen molar-refractivity contribution >= 4 is 21.6 Å². The Kier molecular flexibility index (Phi) is 9.94. The Morgan fingerprint density at radius 1 is 1.00 bits per heavy atom. The van der Waals surface area contributed by atoms with Crippen LogP contribution in [0.5, 0.6) is 0 Å². The van der Waals surface area contributed by atoms with Gasteiger partial charge in [-0.1, -0.05) is 89.2 Å². The number of hydrogen-bond donors (Lipinski definition) is 0. The lowest BCUT2D eigenvalue weighted by atomic mass is 10.2. The summed E-state index contributed by atoms with van der Waals surface area (Å²) < 4.78 is 0. The monoisotopic (exact) mass is 287 g/mol. The molecule has 0 fully saturated rings. The number of unbranched alkanes of at least 4 members (excludes halogenated alkanes) is 4. The van der Waals surface area contributed by atoms with Gasteiger partial charge in [-0.25, -0.2) is 0 Å². The van der Waals surface area contributed by atoms with Crippen LogP contribution in [0, 0.1) is 0 Å². The molecule has 0 spiro atoms. The second-order valence-electron chi connectivity index (χ2n) is 6.11. The van der Waals surface area contributed by atoms with E-state index in [0.717, 1.165) is 0 Å². The van der Waals surface area contributed by atoms with Gasteiger partial charge in [-0.2, -0.15) is 0 Å². The highest BCUT2D eigenvalue weighted by molar-refractivity contribution is 7.70. The summed E-state index contributed by atoms with van der Waals surface area (Å²) >= 11 is 0. The number of allylic oxidation sites excluding steroid dienone is 1. The Hall–Kier alpha value is -0.545. The van der Waals surface area contributed by atoms with Crippen molar-refractivity contribution in [3.8, 4) is 0 Å². The van der Waals surface area contributed by atoms with E-state index >= 15 is 0 Å². The fourth-order valence-corrected chi connectivity index (χ4v) is 4.40. The maximum Gasteiger partial charge on any atom is 0 e. The first-order chi connectivity index (χ1) is 9.05. The average Bonchev–Trinajstić information content (AvgIpc) is 2.37. The van der Waals surface area contributed by atoms with Crippen molar-refractivity contribution in [2.45, 2.75) is 65.0 Å². The minimum absolute atomic E-state index is 0. The Balaban J connectivity index is 0.00000361. The molecule has 0 bridgehead atoms. The molecule has 0 N–H and O–H groups in total. The molecule has 0 saturated carbocycles. The lowest BCUT2D eigenvalue weighted by molar-refractivity contribution is 0.674. The third-order valence-electron chi connectivity index (χ3n) is 3.24. The number of rotatable bonds is 7. The predicted octanol–water partition coefficient (Wildman–Crippen LogP) is 5.70. The number of benzene rings is 1. The summed E-state index contributed by atoms with van der Waals surface area (Å²) in [6, 6.07) is 11.0. The van der Waals surface area contributed by atoms with Crippen molar-refractivity contribution in [1.82, 2.24) is 0 Å². The maximum atomic E-state index is 2.48. The largest absolute Gasteiger partial charge is 0.0837 e. The van der Waals surface area contributed by atoms with E-state index < -0.39 is 0 Å². The minimum atomic E-state index is -0.202. The Morgan fingerprint density at radius 2 is 1.65 bits per heavy atom. The Bertz CT molecular complexity index is 365. The zero-order valence-electron chi connectivity index (χ0n) is 13.6. The molecule has 0 nitrogen and oxygen atoms in total. The van der Waals surface area contributed by atoms with E-state index in [1.54, 1.807) is 0 Å². The van der Waals surface area contributed by atoms with Crippen molar-refractivity contribution in [1.29, 1.82) is 0 Å². The first-order valence-electron chi connectivity index (χ1n) is 7.56. The average molecular weight is 287 g/mol. The van der Waals surface area contributed by atoms with E-state index in [9.17, 15) is 0 Å². The van der Waals surface area contributed by atoms with Gasteiger partial charge in [-0.15, -0.1) is 0 Å². The molecule has 0 aromatic heterocycles. The summed E-state index contributed by atoms with van der Waals surface area (Å²) in [6.07, 6.45) is 9.07. The van der Waals surface area contributed by atoms with Gasteiger partial charge < -0.3 is 0 Å². The first-order valence-corrected chi connectivity index (χ1v) is 8.98. The first kappa shape index (κ1) is 19.5. The molecule has 0 saturated heterocycles. The molecule has 3 radical (unpaired) electrons. The molecule has 1 atom stereocenters. The summed E-state index contributed by atoms with van der Waals surface area (Å²) in [5.74, 6) is 2.48. The van der Waals surface area contributed by atoms with Gasteiger partial charge in [0.1, 0.15) is 0 Å². The van der Waals surface area contributed by atoms with Crippen LogP contribution >= 0.6 is 7.92 Å². The Labute approximate surface area is 129 Å². The summed E-state index contributed by atoms with van der Waals surface area (Å²) in [7, 11) is -0.202.